The zero-order valence-electron chi connectivity index (χ0n) is 19.1. The molecule has 0 saturated heterocycles. The van der Waals surface area contributed by atoms with Crippen LogP contribution in [0.15, 0.2) is 85.1 Å². The van der Waals surface area contributed by atoms with Crippen LogP contribution < -0.4 is 15.4 Å². The Balaban J connectivity index is 1.88. The van der Waals surface area contributed by atoms with Gasteiger partial charge in [-0.2, -0.15) is 13.2 Å². The summed E-state index contributed by atoms with van der Waals surface area (Å²) in [5, 5.41) is 6.64. The van der Waals surface area contributed by atoms with Gasteiger partial charge in [0.1, 0.15) is 0 Å². The van der Waals surface area contributed by atoms with E-state index in [2.05, 4.69) is 17.2 Å². The van der Waals surface area contributed by atoms with Gasteiger partial charge in [-0.1, -0.05) is 55.1 Å². The lowest BCUT2D eigenvalue weighted by atomic mass is 9.95. The number of alkyl halides is 3. The first-order chi connectivity index (χ1) is 16.2. The van der Waals surface area contributed by atoms with Crippen LogP contribution >= 0.6 is 0 Å². The Morgan fingerprint density at radius 3 is 2.21 bits per heavy atom. The van der Waals surface area contributed by atoms with E-state index in [1.54, 1.807) is 19.2 Å². The van der Waals surface area contributed by atoms with Crippen molar-refractivity contribution < 1.29 is 22.3 Å². The van der Waals surface area contributed by atoms with E-state index in [1.807, 2.05) is 30.3 Å². The van der Waals surface area contributed by atoms with Gasteiger partial charge >= 0.3 is 6.18 Å². The summed E-state index contributed by atoms with van der Waals surface area (Å²) in [6.07, 6.45) is -3.35. The third kappa shape index (κ3) is 6.38. The molecule has 0 aliphatic rings. The van der Waals surface area contributed by atoms with Crippen LogP contribution in [0.1, 0.15) is 40.8 Å². The van der Waals surface area contributed by atoms with Crippen molar-refractivity contribution >= 4 is 0 Å². The third-order valence-corrected chi connectivity index (χ3v) is 5.75. The Labute approximate surface area is 197 Å². The summed E-state index contributed by atoms with van der Waals surface area (Å²) in [4.78, 5) is 0. The van der Waals surface area contributed by atoms with E-state index in [9.17, 15) is 17.6 Å². The number of benzene rings is 3. The molecule has 0 aliphatic carbocycles. The minimum Gasteiger partial charge on any atom is -0.494 e. The van der Waals surface area contributed by atoms with Gasteiger partial charge in [-0.25, -0.2) is 4.39 Å². The molecule has 3 aromatic carbocycles. The van der Waals surface area contributed by atoms with Crippen LogP contribution in [-0.4, -0.2) is 14.2 Å². The van der Waals surface area contributed by atoms with Gasteiger partial charge in [-0.05, 0) is 53.8 Å². The highest BCUT2D eigenvalue weighted by atomic mass is 19.4. The number of likely N-dealkylation sites (N-methyl/N-ethyl adjacent to an activating group) is 1. The van der Waals surface area contributed by atoms with Crippen LogP contribution in [0.5, 0.6) is 5.75 Å². The fourth-order valence-corrected chi connectivity index (χ4v) is 3.81. The number of aryl methyl sites for hydroxylation is 1. The molecule has 0 radical (unpaired) electrons. The molecule has 2 N–H and O–H groups in total. The van der Waals surface area contributed by atoms with Crippen molar-refractivity contribution in [1.29, 1.82) is 0 Å². The highest BCUT2D eigenvalue weighted by Gasteiger charge is 2.30. The molecule has 3 rings (SSSR count). The normalized spacial score (nSPS) is 13.2. The van der Waals surface area contributed by atoms with E-state index < -0.39 is 17.6 Å². The van der Waals surface area contributed by atoms with Crippen molar-refractivity contribution in [3.8, 4) is 5.75 Å². The van der Waals surface area contributed by atoms with Gasteiger partial charge < -0.3 is 10.1 Å². The first-order valence-corrected chi connectivity index (χ1v) is 10.9. The van der Waals surface area contributed by atoms with Crippen LogP contribution in [0.2, 0.25) is 0 Å². The standard InChI is InChI=1S/C27H28F4N2O/c1-18(32-2)26(20-7-5-4-6-8-20)33-24(21-12-16-25(34-3)23(28)17-21)15-11-19-9-13-22(14-10-19)27(29,30)31/h4-10,12-14,16-17,24,26,32-33H,1,11,15H2,2-3H3. The van der Waals surface area contributed by atoms with Crippen molar-refractivity contribution in [3.05, 3.63) is 113 Å². The highest BCUT2D eigenvalue weighted by molar-refractivity contribution is 5.33. The van der Waals surface area contributed by atoms with Crippen LogP contribution in [-0.2, 0) is 12.6 Å². The van der Waals surface area contributed by atoms with E-state index in [1.165, 1.54) is 25.3 Å². The lowest BCUT2D eigenvalue weighted by molar-refractivity contribution is -0.137. The molecule has 0 bridgehead atoms. The SMILES string of the molecule is C=C(NC)C(NC(CCc1ccc(C(F)(F)F)cc1)c1ccc(OC)c(F)c1)c1ccccc1. The zero-order valence-corrected chi connectivity index (χ0v) is 19.1. The Kier molecular flexibility index (Phi) is 8.34. The Morgan fingerprint density at radius 1 is 0.971 bits per heavy atom. The molecule has 0 amide bonds. The molecule has 3 aromatic rings. The number of nitrogens with one attached hydrogen (secondary N) is 2. The van der Waals surface area contributed by atoms with Crippen LogP contribution in [0.25, 0.3) is 0 Å². The molecular weight excluding hydrogens is 444 g/mol. The summed E-state index contributed by atoms with van der Waals surface area (Å²) in [6.45, 7) is 4.12. The highest BCUT2D eigenvalue weighted by Crippen LogP contribution is 2.31. The minimum absolute atomic E-state index is 0.143. The molecule has 3 nitrogen and oxygen atoms in total. The summed E-state index contributed by atoms with van der Waals surface area (Å²) < 4.78 is 58.3. The van der Waals surface area contributed by atoms with E-state index >= 15 is 0 Å². The zero-order chi connectivity index (χ0) is 24.7. The molecule has 0 aliphatic heterocycles. The van der Waals surface area contributed by atoms with Crippen LogP contribution in [0.3, 0.4) is 0 Å². The van der Waals surface area contributed by atoms with E-state index in [0.717, 1.165) is 29.0 Å². The second-order valence-electron chi connectivity index (χ2n) is 7.97. The molecule has 0 spiro atoms. The number of halogens is 4. The Bertz CT molecular complexity index is 1080. The minimum atomic E-state index is -4.38. The molecule has 0 aromatic heterocycles. The molecule has 7 heteroatoms. The average Bonchev–Trinajstić information content (AvgIpc) is 2.84. The van der Waals surface area contributed by atoms with Crippen molar-refractivity contribution in [2.75, 3.05) is 14.2 Å². The third-order valence-electron chi connectivity index (χ3n) is 5.75. The largest absolute Gasteiger partial charge is 0.494 e. The maximum absolute atomic E-state index is 14.5. The molecule has 180 valence electrons. The van der Waals surface area contributed by atoms with Gasteiger partial charge in [-0.3, -0.25) is 5.32 Å². The van der Waals surface area contributed by atoms with Gasteiger partial charge in [-0.15, -0.1) is 0 Å². The van der Waals surface area contributed by atoms with Crippen molar-refractivity contribution in [1.82, 2.24) is 10.6 Å². The predicted octanol–water partition coefficient (Wildman–Crippen LogP) is 6.59. The number of hydrogen-bond donors (Lipinski definition) is 2. The lowest BCUT2D eigenvalue weighted by Crippen LogP contribution is -2.31. The van der Waals surface area contributed by atoms with Crippen LogP contribution in [0.4, 0.5) is 17.6 Å². The fraction of sp³-hybridized carbons (Fsp3) is 0.259. The lowest BCUT2D eigenvalue weighted by Gasteiger charge is -2.28. The Morgan fingerprint density at radius 2 is 1.65 bits per heavy atom. The quantitative estimate of drug-likeness (QED) is 0.327. The summed E-state index contributed by atoms with van der Waals surface area (Å²) in [5.41, 5.74) is 2.50. The summed E-state index contributed by atoms with van der Waals surface area (Å²) in [5.74, 6) is -0.338. The number of hydrogen-bond acceptors (Lipinski definition) is 3. The van der Waals surface area contributed by atoms with Gasteiger partial charge in [0.15, 0.2) is 11.6 Å². The number of methoxy groups -OCH3 is 1. The molecule has 0 saturated carbocycles. The summed E-state index contributed by atoms with van der Waals surface area (Å²) in [6, 6.07) is 19.1. The fourth-order valence-electron chi connectivity index (χ4n) is 3.81. The molecule has 2 unspecified atom stereocenters. The van der Waals surface area contributed by atoms with Crippen molar-refractivity contribution in [2.45, 2.75) is 31.1 Å². The maximum Gasteiger partial charge on any atom is 0.416 e. The van der Waals surface area contributed by atoms with Crippen molar-refractivity contribution in [3.63, 3.8) is 0 Å². The molecule has 34 heavy (non-hydrogen) atoms. The molecule has 0 fully saturated rings. The topological polar surface area (TPSA) is 33.3 Å². The van der Waals surface area contributed by atoms with Gasteiger partial charge in [0.05, 0.1) is 18.7 Å². The van der Waals surface area contributed by atoms with Gasteiger partial charge in [0, 0.05) is 18.8 Å². The maximum atomic E-state index is 14.5. The van der Waals surface area contributed by atoms with Gasteiger partial charge in [0.25, 0.3) is 0 Å². The number of ether oxygens (including phenoxy) is 1. The summed E-state index contributed by atoms with van der Waals surface area (Å²) >= 11 is 0. The molecular formula is C27H28F4N2O. The second kappa shape index (κ2) is 11.2. The molecule has 2 atom stereocenters. The van der Waals surface area contributed by atoms with E-state index in [-0.39, 0.29) is 17.8 Å². The Hall–Kier alpha value is -3.32. The monoisotopic (exact) mass is 472 g/mol. The average molecular weight is 473 g/mol. The van der Waals surface area contributed by atoms with Crippen LogP contribution in [0, 0.1) is 5.82 Å². The van der Waals surface area contributed by atoms with E-state index in [4.69, 9.17) is 4.74 Å². The summed E-state index contributed by atoms with van der Waals surface area (Å²) in [7, 11) is 3.19. The van der Waals surface area contributed by atoms with Gasteiger partial charge in [0.2, 0.25) is 0 Å². The smallest absolute Gasteiger partial charge is 0.416 e. The number of rotatable bonds is 10. The molecule has 0 heterocycles. The van der Waals surface area contributed by atoms with Crippen molar-refractivity contribution in [2.24, 2.45) is 0 Å². The van der Waals surface area contributed by atoms with E-state index in [0.29, 0.717) is 18.4 Å². The second-order valence-corrected chi connectivity index (χ2v) is 7.97. The first-order valence-electron chi connectivity index (χ1n) is 10.9. The predicted molar refractivity (Wildman–Crippen MR) is 126 cm³/mol. The first kappa shape index (κ1) is 25.3.